The SMILES string of the molecule is CC(C)C1=[C]([Ti+2][C]2=C(C(C)C)C=CC2)CC=C1.[Br-].[Br-]. The first-order chi connectivity index (χ1) is 8.09. The minimum absolute atomic E-state index is 0. The average Bonchev–Trinajstić information content (AvgIpc) is 2.86. The van der Waals surface area contributed by atoms with E-state index < -0.39 is 0 Å². The van der Waals surface area contributed by atoms with Crippen LogP contribution in [0.25, 0.3) is 0 Å². The summed E-state index contributed by atoms with van der Waals surface area (Å²) in [5, 5.41) is 0. The van der Waals surface area contributed by atoms with Crippen molar-refractivity contribution < 1.29 is 53.1 Å². The molecule has 0 amide bonds. The topological polar surface area (TPSA) is 0 Å². The molecule has 19 heavy (non-hydrogen) atoms. The van der Waals surface area contributed by atoms with E-state index in [1.165, 1.54) is 12.8 Å². The summed E-state index contributed by atoms with van der Waals surface area (Å²) in [7, 11) is 0. The Labute approximate surface area is 148 Å². The zero-order valence-electron chi connectivity index (χ0n) is 12.1. The molecular formula is C16H22Br2Ti. The van der Waals surface area contributed by atoms with Gasteiger partial charge in [-0.1, -0.05) is 0 Å². The van der Waals surface area contributed by atoms with Crippen LogP contribution in [0.15, 0.2) is 43.2 Å². The van der Waals surface area contributed by atoms with Crippen molar-refractivity contribution in [1.29, 1.82) is 0 Å². The van der Waals surface area contributed by atoms with Crippen LogP contribution in [0.5, 0.6) is 0 Å². The van der Waals surface area contributed by atoms with Gasteiger partial charge in [-0.25, -0.2) is 0 Å². The molecule has 0 N–H and O–H groups in total. The van der Waals surface area contributed by atoms with E-state index in [4.69, 9.17) is 0 Å². The molecule has 0 atom stereocenters. The van der Waals surface area contributed by atoms with E-state index in [1.807, 2.05) is 0 Å². The second-order valence-corrected chi connectivity index (χ2v) is 7.79. The summed E-state index contributed by atoms with van der Waals surface area (Å²) in [5.74, 6) is 1.40. The van der Waals surface area contributed by atoms with Crippen molar-refractivity contribution in [2.24, 2.45) is 11.8 Å². The molecule has 104 valence electrons. The Hall–Kier alpha value is 0.634. The minimum Gasteiger partial charge on any atom is -1.00 e. The van der Waals surface area contributed by atoms with Crippen LogP contribution in [-0.4, -0.2) is 0 Å². The molecule has 2 aliphatic rings. The maximum atomic E-state index is 2.36. The van der Waals surface area contributed by atoms with E-state index in [1.54, 1.807) is 18.9 Å². The van der Waals surface area contributed by atoms with Crippen molar-refractivity contribution in [3.8, 4) is 0 Å². The zero-order valence-corrected chi connectivity index (χ0v) is 16.9. The van der Waals surface area contributed by atoms with Gasteiger partial charge in [-0.2, -0.15) is 0 Å². The molecular weight excluding hydrogens is 400 g/mol. The predicted molar refractivity (Wildman–Crippen MR) is 71.2 cm³/mol. The molecule has 0 nitrogen and oxygen atoms in total. The molecule has 0 saturated carbocycles. The molecule has 0 fully saturated rings. The van der Waals surface area contributed by atoms with E-state index in [0.29, 0.717) is 11.8 Å². The third kappa shape index (κ3) is 4.84. The summed E-state index contributed by atoms with van der Waals surface area (Å²) >= 11 is -0.0443. The predicted octanol–water partition coefficient (Wildman–Crippen LogP) is -1.18. The van der Waals surface area contributed by atoms with Gasteiger partial charge in [-0.15, -0.1) is 0 Å². The Bertz CT molecular complexity index is 386. The standard InChI is InChI=1S/2C8H11.2BrH.Ti/c2*1-7(2)8-5-3-4-6-8;;;/h2*3,5,7H,4H2,1-2H3;2*1H;/q;;;;+2/p-2. The van der Waals surface area contributed by atoms with Gasteiger partial charge in [-0.05, 0) is 0 Å². The Morgan fingerprint density at radius 2 is 1.16 bits per heavy atom. The number of rotatable bonds is 4. The van der Waals surface area contributed by atoms with Crippen molar-refractivity contribution in [2.75, 3.05) is 0 Å². The molecule has 0 unspecified atom stereocenters. The van der Waals surface area contributed by atoms with Crippen molar-refractivity contribution in [1.82, 2.24) is 0 Å². The van der Waals surface area contributed by atoms with E-state index in [0.717, 1.165) is 0 Å². The minimum atomic E-state index is -0.0443. The van der Waals surface area contributed by atoms with Crippen molar-refractivity contribution in [3.05, 3.63) is 43.2 Å². The van der Waals surface area contributed by atoms with Gasteiger partial charge in [0.1, 0.15) is 0 Å². The molecule has 0 heterocycles. The van der Waals surface area contributed by atoms with Crippen LogP contribution in [0.2, 0.25) is 0 Å². The quantitative estimate of drug-likeness (QED) is 0.501. The van der Waals surface area contributed by atoms with Crippen molar-refractivity contribution in [3.63, 3.8) is 0 Å². The Balaban J connectivity index is 0.00000162. The van der Waals surface area contributed by atoms with Crippen LogP contribution in [0, 0.1) is 11.8 Å². The first-order valence-corrected chi connectivity index (χ1v) is 8.22. The molecule has 0 aromatic rings. The van der Waals surface area contributed by atoms with Crippen molar-refractivity contribution >= 4 is 0 Å². The van der Waals surface area contributed by atoms with E-state index in [-0.39, 0.29) is 53.1 Å². The van der Waals surface area contributed by atoms with E-state index >= 15 is 0 Å². The smallest absolute Gasteiger partial charge is 1.00 e. The fourth-order valence-corrected chi connectivity index (χ4v) is 5.42. The van der Waals surface area contributed by atoms with Gasteiger partial charge in [-0.3, -0.25) is 0 Å². The molecule has 2 rings (SSSR count). The Morgan fingerprint density at radius 1 is 0.789 bits per heavy atom. The number of hydrogen-bond donors (Lipinski definition) is 0. The van der Waals surface area contributed by atoms with E-state index in [2.05, 4.69) is 52.0 Å². The van der Waals surface area contributed by atoms with Crippen molar-refractivity contribution in [2.45, 2.75) is 40.5 Å². The summed E-state index contributed by atoms with van der Waals surface area (Å²) in [4.78, 5) is 0. The average molecular weight is 422 g/mol. The molecule has 0 saturated heterocycles. The second kappa shape index (κ2) is 8.82. The zero-order chi connectivity index (χ0) is 12.4. The van der Waals surface area contributed by atoms with Crippen LogP contribution in [0.1, 0.15) is 40.5 Å². The summed E-state index contributed by atoms with van der Waals surface area (Å²) in [5.41, 5.74) is 3.26. The molecule has 0 aliphatic heterocycles. The molecule has 2 aliphatic carbocycles. The largest absolute Gasteiger partial charge is 1.00 e. The molecule has 3 heteroatoms. The monoisotopic (exact) mass is 420 g/mol. The first kappa shape index (κ1) is 19.6. The summed E-state index contributed by atoms with van der Waals surface area (Å²) in [6, 6.07) is 0. The Morgan fingerprint density at radius 3 is 1.47 bits per heavy atom. The maximum absolute atomic E-state index is 2.36. The molecule has 0 bridgehead atoms. The van der Waals surface area contributed by atoms with Gasteiger partial charge in [0, 0.05) is 0 Å². The summed E-state index contributed by atoms with van der Waals surface area (Å²) in [6.45, 7) is 9.28. The van der Waals surface area contributed by atoms with Crippen LogP contribution < -0.4 is 34.0 Å². The number of hydrogen-bond acceptors (Lipinski definition) is 0. The fourth-order valence-electron chi connectivity index (χ4n) is 2.55. The first-order valence-electron chi connectivity index (χ1n) is 6.65. The van der Waals surface area contributed by atoms with Gasteiger partial charge in [0.25, 0.3) is 0 Å². The maximum Gasteiger partial charge on any atom is -1.00 e. The van der Waals surface area contributed by atoms with E-state index in [9.17, 15) is 0 Å². The number of allylic oxidation sites excluding steroid dienone is 8. The van der Waals surface area contributed by atoms with Gasteiger partial charge in [0.05, 0.1) is 0 Å². The van der Waals surface area contributed by atoms with Gasteiger partial charge >= 0.3 is 115 Å². The van der Waals surface area contributed by atoms with Crippen LogP contribution in [0.3, 0.4) is 0 Å². The second-order valence-electron chi connectivity index (χ2n) is 5.52. The molecule has 0 radical (unpaired) electrons. The summed E-state index contributed by atoms with van der Waals surface area (Å²) in [6.07, 6.45) is 11.9. The van der Waals surface area contributed by atoms with Gasteiger partial charge < -0.3 is 34.0 Å². The third-order valence-corrected chi connectivity index (χ3v) is 5.96. The van der Waals surface area contributed by atoms with Crippen LogP contribution in [-0.2, 0) is 19.2 Å². The third-order valence-electron chi connectivity index (χ3n) is 3.48. The molecule has 0 aromatic carbocycles. The number of halogens is 2. The fraction of sp³-hybridized carbons (Fsp3) is 0.500. The van der Waals surface area contributed by atoms with Crippen LogP contribution >= 0.6 is 0 Å². The summed E-state index contributed by atoms with van der Waals surface area (Å²) < 4.78 is 3.55. The normalized spacial score (nSPS) is 17.2. The van der Waals surface area contributed by atoms with Crippen LogP contribution in [0.4, 0.5) is 0 Å². The Kier molecular flexibility index (Phi) is 9.11. The van der Waals surface area contributed by atoms with Gasteiger partial charge in [0.2, 0.25) is 0 Å². The molecule has 0 spiro atoms. The molecule has 0 aromatic heterocycles. The van der Waals surface area contributed by atoms with Gasteiger partial charge in [0.15, 0.2) is 0 Å².